The number of thioether (sulfide) groups is 1. The molecule has 8 heteroatoms. The molecule has 18 heavy (non-hydrogen) atoms. The Morgan fingerprint density at radius 1 is 1.33 bits per heavy atom. The number of rotatable bonds is 7. The normalized spacial score (nSPS) is 10.7. The van der Waals surface area contributed by atoms with Crippen molar-refractivity contribution < 1.29 is 0 Å². The molecule has 2 heterocycles. The highest BCUT2D eigenvalue weighted by Gasteiger charge is 2.07. The van der Waals surface area contributed by atoms with Crippen molar-refractivity contribution in [3.63, 3.8) is 0 Å². The highest BCUT2D eigenvalue weighted by molar-refractivity contribution is 7.98. The monoisotopic (exact) mass is 265 g/mol. The molecular formula is C10H15N7S. The van der Waals surface area contributed by atoms with Crippen LogP contribution in [-0.2, 0) is 12.3 Å². The minimum atomic E-state index is 0.669. The number of hydrogen-bond acceptors (Lipinski definition) is 7. The lowest BCUT2D eigenvalue weighted by atomic mass is 10.6. The van der Waals surface area contributed by atoms with Crippen LogP contribution in [0.15, 0.2) is 23.6 Å². The molecule has 0 unspecified atom stereocenters. The van der Waals surface area contributed by atoms with Crippen LogP contribution in [0.4, 0.5) is 0 Å². The van der Waals surface area contributed by atoms with Crippen LogP contribution in [0.2, 0.25) is 0 Å². The molecule has 0 fully saturated rings. The first-order valence-electron chi connectivity index (χ1n) is 5.75. The minimum Gasteiger partial charge on any atom is -0.315 e. The standard InChI is InChI=1S/C10H15N7S/c1-2-11-6-7-17-10(14-15-16-17)18-8-9-12-4-3-5-13-9/h3-5,11H,2,6-8H2,1H3. The second-order valence-corrected chi connectivity index (χ2v) is 4.43. The molecule has 96 valence electrons. The summed E-state index contributed by atoms with van der Waals surface area (Å²) < 4.78 is 1.79. The van der Waals surface area contributed by atoms with Crippen molar-refractivity contribution in [1.29, 1.82) is 0 Å². The van der Waals surface area contributed by atoms with Gasteiger partial charge in [0, 0.05) is 18.9 Å². The van der Waals surface area contributed by atoms with Crippen molar-refractivity contribution in [3.05, 3.63) is 24.3 Å². The number of likely N-dealkylation sites (N-methyl/N-ethyl adjacent to an activating group) is 1. The molecule has 0 aromatic carbocycles. The summed E-state index contributed by atoms with van der Waals surface area (Å²) >= 11 is 1.54. The van der Waals surface area contributed by atoms with Crippen LogP contribution < -0.4 is 5.32 Å². The first kappa shape index (κ1) is 12.9. The van der Waals surface area contributed by atoms with Crippen molar-refractivity contribution in [3.8, 4) is 0 Å². The van der Waals surface area contributed by atoms with Crippen LogP contribution in [0.5, 0.6) is 0 Å². The van der Waals surface area contributed by atoms with Gasteiger partial charge in [-0.15, -0.1) is 5.10 Å². The second kappa shape index (κ2) is 7.02. The van der Waals surface area contributed by atoms with Crippen molar-refractivity contribution >= 4 is 11.8 Å². The summed E-state index contributed by atoms with van der Waals surface area (Å²) in [6.45, 7) is 4.64. The summed E-state index contributed by atoms with van der Waals surface area (Å²) in [5, 5.41) is 15.7. The summed E-state index contributed by atoms with van der Waals surface area (Å²) in [6, 6.07) is 1.80. The molecule has 0 bridgehead atoms. The van der Waals surface area contributed by atoms with Crippen LogP contribution in [0.3, 0.4) is 0 Å². The van der Waals surface area contributed by atoms with Gasteiger partial charge in [-0.25, -0.2) is 14.6 Å². The Morgan fingerprint density at radius 3 is 2.94 bits per heavy atom. The van der Waals surface area contributed by atoms with Gasteiger partial charge in [-0.3, -0.25) is 0 Å². The summed E-state index contributed by atoms with van der Waals surface area (Å²) in [6.07, 6.45) is 3.47. The Balaban J connectivity index is 1.87. The number of aromatic nitrogens is 6. The smallest absolute Gasteiger partial charge is 0.209 e. The van der Waals surface area contributed by atoms with Gasteiger partial charge < -0.3 is 5.32 Å². The fourth-order valence-corrected chi connectivity index (χ4v) is 2.11. The van der Waals surface area contributed by atoms with Crippen molar-refractivity contribution in [2.75, 3.05) is 13.1 Å². The number of nitrogens with zero attached hydrogens (tertiary/aromatic N) is 6. The van der Waals surface area contributed by atoms with E-state index in [9.17, 15) is 0 Å². The summed E-state index contributed by atoms with van der Waals surface area (Å²) in [5.41, 5.74) is 0. The predicted octanol–water partition coefficient (Wildman–Crippen LogP) is 0.365. The van der Waals surface area contributed by atoms with E-state index in [-0.39, 0.29) is 0 Å². The van der Waals surface area contributed by atoms with E-state index < -0.39 is 0 Å². The van der Waals surface area contributed by atoms with E-state index in [2.05, 4.69) is 37.7 Å². The van der Waals surface area contributed by atoms with Gasteiger partial charge in [-0.1, -0.05) is 18.7 Å². The third-order valence-corrected chi connectivity index (χ3v) is 3.15. The van der Waals surface area contributed by atoms with Gasteiger partial charge in [-0.05, 0) is 23.0 Å². The molecule has 0 atom stereocenters. The zero-order valence-corrected chi connectivity index (χ0v) is 11.0. The average molecular weight is 265 g/mol. The molecular weight excluding hydrogens is 250 g/mol. The molecule has 0 saturated carbocycles. The summed E-state index contributed by atoms with van der Waals surface area (Å²) in [7, 11) is 0. The van der Waals surface area contributed by atoms with Gasteiger partial charge in [-0.2, -0.15) is 0 Å². The number of tetrazole rings is 1. The quantitative estimate of drug-likeness (QED) is 0.572. The predicted molar refractivity (Wildman–Crippen MR) is 68.0 cm³/mol. The molecule has 0 amide bonds. The van der Waals surface area contributed by atoms with E-state index in [4.69, 9.17) is 0 Å². The molecule has 2 aromatic rings. The van der Waals surface area contributed by atoms with E-state index in [1.807, 2.05) is 0 Å². The second-order valence-electron chi connectivity index (χ2n) is 3.49. The van der Waals surface area contributed by atoms with Crippen LogP contribution in [-0.4, -0.2) is 43.3 Å². The van der Waals surface area contributed by atoms with Crippen molar-refractivity contribution in [1.82, 2.24) is 35.5 Å². The largest absolute Gasteiger partial charge is 0.315 e. The third-order valence-electron chi connectivity index (χ3n) is 2.20. The lowest BCUT2D eigenvalue weighted by Gasteiger charge is -2.04. The maximum atomic E-state index is 4.16. The fourth-order valence-electron chi connectivity index (χ4n) is 1.34. The Kier molecular flexibility index (Phi) is 5.03. The molecule has 1 N–H and O–H groups in total. The highest BCUT2D eigenvalue weighted by atomic mass is 32.2. The number of nitrogens with one attached hydrogen (secondary N) is 1. The zero-order valence-electron chi connectivity index (χ0n) is 10.2. The highest BCUT2D eigenvalue weighted by Crippen LogP contribution is 2.17. The summed E-state index contributed by atoms with van der Waals surface area (Å²) in [4.78, 5) is 8.32. The lowest BCUT2D eigenvalue weighted by molar-refractivity contribution is 0.517. The van der Waals surface area contributed by atoms with Gasteiger partial charge in [0.25, 0.3) is 0 Å². The fraction of sp³-hybridized carbons (Fsp3) is 0.500. The van der Waals surface area contributed by atoms with Crippen molar-refractivity contribution in [2.24, 2.45) is 0 Å². The van der Waals surface area contributed by atoms with Crippen molar-refractivity contribution in [2.45, 2.75) is 24.4 Å². The molecule has 0 aliphatic rings. The molecule has 2 rings (SSSR count). The Bertz CT molecular complexity index is 458. The molecule has 2 aromatic heterocycles. The van der Waals surface area contributed by atoms with Gasteiger partial charge in [0.05, 0.1) is 12.3 Å². The van der Waals surface area contributed by atoms with Gasteiger partial charge in [0.15, 0.2) is 0 Å². The van der Waals surface area contributed by atoms with E-state index in [1.54, 1.807) is 23.1 Å². The first-order chi connectivity index (χ1) is 8.90. The van der Waals surface area contributed by atoms with E-state index in [0.29, 0.717) is 5.75 Å². The van der Waals surface area contributed by atoms with E-state index >= 15 is 0 Å². The van der Waals surface area contributed by atoms with Gasteiger partial charge in [0.2, 0.25) is 5.16 Å². The minimum absolute atomic E-state index is 0.669. The SMILES string of the molecule is CCNCCn1nnnc1SCc1ncccn1. The van der Waals surface area contributed by atoms with Crippen LogP contribution in [0.25, 0.3) is 0 Å². The topological polar surface area (TPSA) is 81.4 Å². The molecule has 0 saturated heterocycles. The maximum absolute atomic E-state index is 4.16. The molecule has 7 nitrogen and oxygen atoms in total. The Hall–Kier alpha value is -1.54. The van der Waals surface area contributed by atoms with E-state index in [1.165, 1.54) is 11.8 Å². The molecule has 0 aliphatic carbocycles. The van der Waals surface area contributed by atoms with Gasteiger partial charge in [0.1, 0.15) is 5.82 Å². The molecule has 0 spiro atoms. The van der Waals surface area contributed by atoms with Crippen LogP contribution in [0.1, 0.15) is 12.7 Å². The van der Waals surface area contributed by atoms with Crippen LogP contribution >= 0.6 is 11.8 Å². The maximum Gasteiger partial charge on any atom is 0.209 e. The third kappa shape index (κ3) is 3.74. The Morgan fingerprint density at radius 2 is 2.17 bits per heavy atom. The number of hydrogen-bond donors (Lipinski definition) is 1. The Labute approximate surface area is 109 Å². The zero-order chi connectivity index (χ0) is 12.6. The average Bonchev–Trinajstić information content (AvgIpc) is 2.86. The first-order valence-corrected chi connectivity index (χ1v) is 6.74. The van der Waals surface area contributed by atoms with E-state index in [0.717, 1.165) is 30.6 Å². The van der Waals surface area contributed by atoms with Crippen LogP contribution in [0, 0.1) is 0 Å². The molecule has 0 aliphatic heterocycles. The lowest BCUT2D eigenvalue weighted by Crippen LogP contribution is -2.20. The van der Waals surface area contributed by atoms with Gasteiger partial charge >= 0.3 is 0 Å². The summed E-state index contributed by atoms with van der Waals surface area (Å²) in [5.74, 6) is 1.45. The molecule has 0 radical (unpaired) electrons.